The molecule has 0 saturated carbocycles. The zero-order valence-electron chi connectivity index (χ0n) is 11.5. The maximum Gasteiger partial charge on any atom is 0.0802 e. The summed E-state index contributed by atoms with van der Waals surface area (Å²) in [5.74, 6) is 0. The van der Waals surface area contributed by atoms with Crippen LogP contribution in [0.3, 0.4) is 0 Å². The van der Waals surface area contributed by atoms with E-state index in [9.17, 15) is 5.11 Å². The SMILES string of the molecule is CCC(O)c1ccn(Cc2ccnc3ccccc23)c1. The molecule has 0 bridgehead atoms. The zero-order valence-corrected chi connectivity index (χ0v) is 11.5. The van der Waals surface area contributed by atoms with Gasteiger partial charge in [-0.25, -0.2) is 0 Å². The van der Waals surface area contributed by atoms with Crippen molar-refractivity contribution < 1.29 is 5.11 Å². The van der Waals surface area contributed by atoms with Crippen molar-refractivity contribution >= 4 is 10.9 Å². The van der Waals surface area contributed by atoms with Gasteiger partial charge in [0.2, 0.25) is 0 Å². The summed E-state index contributed by atoms with van der Waals surface area (Å²) >= 11 is 0. The Morgan fingerprint density at radius 3 is 2.90 bits per heavy atom. The van der Waals surface area contributed by atoms with E-state index in [1.807, 2.05) is 49.8 Å². The Morgan fingerprint density at radius 2 is 2.05 bits per heavy atom. The van der Waals surface area contributed by atoms with Crippen LogP contribution in [0.2, 0.25) is 0 Å². The lowest BCUT2D eigenvalue weighted by atomic mass is 10.1. The second-order valence-electron chi connectivity index (χ2n) is 5.03. The summed E-state index contributed by atoms with van der Waals surface area (Å²) in [5, 5.41) is 11.0. The lowest BCUT2D eigenvalue weighted by Crippen LogP contribution is -1.99. The van der Waals surface area contributed by atoms with Crippen LogP contribution in [0.1, 0.15) is 30.6 Å². The minimum atomic E-state index is -0.370. The summed E-state index contributed by atoms with van der Waals surface area (Å²) in [4.78, 5) is 4.38. The van der Waals surface area contributed by atoms with Gasteiger partial charge in [0.15, 0.2) is 0 Å². The zero-order chi connectivity index (χ0) is 13.9. The summed E-state index contributed by atoms with van der Waals surface area (Å²) in [6, 6.07) is 12.2. The van der Waals surface area contributed by atoms with Crippen LogP contribution in [0, 0.1) is 0 Å². The predicted octanol–water partition coefficient (Wildman–Crippen LogP) is 3.53. The predicted molar refractivity (Wildman–Crippen MR) is 80.5 cm³/mol. The van der Waals surface area contributed by atoms with Gasteiger partial charge in [-0.1, -0.05) is 25.1 Å². The van der Waals surface area contributed by atoms with Crippen LogP contribution in [0.5, 0.6) is 0 Å². The van der Waals surface area contributed by atoms with Crippen molar-refractivity contribution in [2.45, 2.75) is 26.0 Å². The molecule has 1 unspecified atom stereocenters. The average Bonchev–Trinajstić information content (AvgIpc) is 2.95. The first kappa shape index (κ1) is 12.9. The molecule has 0 fully saturated rings. The molecule has 3 nitrogen and oxygen atoms in total. The number of aliphatic hydroxyl groups excluding tert-OH is 1. The third kappa shape index (κ3) is 2.45. The highest BCUT2D eigenvalue weighted by Gasteiger charge is 2.07. The monoisotopic (exact) mass is 266 g/mol. The smallest absolute Gasteiger partial charge is 0.0802 e. The van der Waals surface area contributed by atoms with Gasteiger partial charge in [0.1, 0.15) is 0 Å². The molecule has 20 heavy (non-hydrogen) atoms. The van der Waals surface area contributed by atoms with E-state index in [0.717, 1.165) is 24.0 Å². The maximum atomic E-state index is 9.86. The molecule has 2 aromatic heterocycles. The molecular weight excluding hydrogens is 248 g/mol. The Balaban J connectivity index is 1.91. The van der Waals surface area contributed by atoms with Gasteiger partial charge in [-0.2, -0.15) is 0 Å². The molecule has 102 valence electrons. The number of pyridine rings is 1. The molecule has 2 heterocycles. The maximum absolute atomic E-state index is 9.86. The quantitative estimate of drug-likeness (QED) is 0.784. The first-order valence-electron chi connectivity index (χ1n) is 6.94. The fourth-order valence-electron chi connectivity index (χ4n) is 2.48. The minimum absolute atomic E-state index is 0.370. The number of benzene rings is 1. The van der Waals surface area contributed by atoms with Gasteiger partial charge < -0.3 is 9.67 Å². The summed E-state index contributed by atoms with van der Waals surface area (Å²) in [5.41, 5.74) is 3.24. The van der Waals surface area contributed by atoms with Gasteiger partial charge in [0.25, 0.3) is 0 Å². The van der Waals surface area contributed by atoms with Gasteiger partial charge in [-0.05, 0) is 35.7 Å². The van der Waals surface area contributed by atoms with E-state index >= 15 is 0 Å². The normalized spacial score (nSPS) is 12.7. The van der Waals surface area contributed by atoms with E-state index in [1.54, 1.807) is 0 Å². The van der Waals surface area contributed by atoms with Gasteiger partial charge in [-0.15, -0.1) is 0 Å². The summed E-state index contributed by atoms with van der Waals surface area (Å²) in [6.07, 6.45) is 6.25. The third-order valence-electron chi connectivity index (χ3n) is 3.64. The van der Waals surface area contributed by atoms with Crippen molar-refractivity contribution in [3.63, 3.8) is 0 Å². The Labute approximate surface area is 118 Å². The Bertz CT molecular complexity index is 712. The number of aromatic nitrogens is 2. The summed E-state index contributed by atoms with van der Waals surface area (Å²) in [6.45, 7) is 2.78. The van der Waals surface area contributed by atoms with Gasteiger partial charge >= 0.3 is 0 Å². The van der Waals surface area contributed by atoms with E-state index in [0.29, 0.717) is 0 Å². The molecule has 1 atom stereocenters. The molecule has 3 heteroatoms. The fourth-order valence-corrected chi connectivity index (χ4v) is 2.48. The Kier molecular flexibility index (Phi) is 3.52. The second-order valence-corrected chi connectivity index (χ2v) is 5.03. The number of rotatable bonds is 4. The van der Waals surface area contributed by atoms with Crippen molar-refractivity contribution in [2.75, 3.05) is 0 Å². The number of aliphatic hydroxyl groups is 1. The van der Waals surface area contributed by atoms with E-state index in [-0.39, 0.29) is 6.10 Å². The minimum Gasteiger partial charge on any atom is -0.388 e. The molecular formula is C17H18N2O. The number of fused-ring (bicyclic) bond motifs is 1. The highest BCUT2D eigenvalue weighted by molar-refractivity contribution is 5.81. The van der Waals surface area contributed by atoms with Crippen LogP contribution in [-0.4, -0.2) is 14.7 Å². The molecule has 1 N–H and O–H groups in total. The lowest BCUT2D eigenvalue weighted by molar-refractivity contribution is 0.173. The highest BCUT2D eigenvalue weighted by atomic mass is 16.3. The number of nitrogens with zero attached hydrogens (tertiary/aromatic N) is 2. The largest absolute Gasteiger partial charge is 0.388 e. The van der Waals surface area contributed by atoms with Crippen LogP contribution >= 0.6 is 0 Å². The van der Waals surface area contributed by atoms with E-state index in [2.05, 4.69) is 21.7 Å². The average molecular weight is 266 g/mol. The number of hydrogen-bond acceptors (Lipinski definition) is 2. The lowest BCUT2D eigenvalue weighted by Gasteiger charge is -2.08. The molecule has 0 aliphatic rings. The Morgan fingerprint density at radius 1 is 1.20 bits per heavy atom. The molecule has 0 amide bonds. The van der Waals surface area contributed by atoms with Crippen LogP contribution in [0.15, 0.2) is 55.0 Å². The van der Waals surface area contributed by atoms with Crippen molar-refractivity contribution in [3.05, 3.63) is 66.1 Å². The summed E-state index contributed by atoms with van der Waals surface area (Å²) < 4.78 is 2.11. The van der Waals surface area contributed by atoms with Crippen LogP contribution in [0.25, 0.3) is 10.9 Å². The topological polar surface area (TPSA) is 38.0 Å². The van der Waals surface area contributed by atoms with Crippen molar-refractivity contribution in [1.82, 2.24) is 9.55 Å². The van der Waals surface area contributed by atoms with Gasteiger partial charge in [0, 0.05) is 30.5 Å². The number of para-hydroxylation sites is 1. The van der Waals surface area contributed by atoms with E-state index < -0.39 is 0 Å². The molecule has 0 radical (unpaired) electrons. The molecule has 3 rings (SSSR count). The van der Waals surface area contributed by atoms with Crippen molar-refractivity contribution in [1.29, 1.82) is 0 Å². The molecule has 3 aromatic rings. The van der Waals surface area contributed by atoms with Crippen LogP contribution < -0.4 is 0 Å². The van der Waals surface area contributed by atoms with Gasteiger partial charge in [0.05, 0.1) is 11.6 Å². The molecule has 0 spiro atoms. The van der Waals surface area contributed by atoms with E-state index in [4.69, 9.17) is 0 Å². The van der Waals surface area contributed by atoms with Gasteiger partial charge in [-0.3, -0.25) is 4.98 Å². The Hall–Kier alpha value is -2.13. The van der Waals surface area contributed by atoms with Crippen molar-refractivity contribution in [3.8, 4) is 0 Å². The number of hydrogen-bond donors (Lipinski definition) is 1. The van der Waals surface area contributed by atoms with Crippen LogP contribution in [-0.2, 0) is 6.54 Å². The fraction of sp³-hybridized carbons (Fsp3) is 0.235. The first-order valence-corrected chi connectivity index (χ1v) is 6.94. The third-order valence-corrected chi connectivity index (χ3v) is 3.64. The second kappa shape index (κ2) is 5.47. The van der Waals surface area contributed by atoms with Crippen LogP contribution in [0.4, 0.5) is 0 Å². The highest BCUT2D eigenvalue weighted by Crippen LogP contribution is 2.20. The first-order chi connectivity index (χ1) is 9.78. The molecule has 0 aliphatic heterocycles. The molecule has 1 aromatic carbocycles. The van der Waals surface area contributed by atoms with E-state index in [1.165, 1.54) is 10.9 Å². The summed E-state index contributed by atoms with van der Waals surface area (Å²) in [7, 11) is 0. The molecule has 0 saturated heterocycles. The molecule has 0 aliphatic carbocycles. The standard InChI is InChI=1S/C17H18N2O/c1-2-17(20)14-8-10-19(12-14)11-13-7-9-18-16-6-4-3-5-15(13)16/h3-10,12,17,20H,2,11H2,1H3. The van der Waals surface area contributed by atoms with Crippen molar-refractivity contribution in [2.24, 2.45) is 0 Å².